The third-order valence-electron chi connectivity index (χ3n) is 3.31. The van der Waals surface area contributed by atoms with E-state index in [2.05, 4.69) is 0 Å². The van der Waals surface area contributed by atoms with Crippen LogP contribution in [0.2, 0.25) is 0 Å². The fourth-order valence-electron chi connectivity index (χ4n) is 2.33. The van der Waals surface area contributed by atoms with E-state index in [9.17, 15) is 19.2 Å². The van der Waals surface area contributed by atoms with Crippen molar-refractivity contribution in [1.82, 2.24) is 0 Å². The lowest BCUT2D eigenvalue weighted by molar-refractivity contribution is -0.149. The Bertz CT molecular complexity index is 540. The molecular weight excluding hydrogens is 324 g/mol. The molecule has 2 heterocycles. The highest BCUT2D eigenvalue weighted by molar-refractivity contribution is 5.94. The van der Waals surface area contributed by atoms with Gasteiger partial charge in [0.1, 0.15) is 12.2 Å². The monoisotopic (exact) mass is 340 g/mol. The second kappa shape index (κ2) is 7.84. The van der Waals surface area contributed by atoms with Crippen LogP contribution < -0.4 is 0 Å². The standard InChI is InChI=1S/C15H16O9/c1-8(16)2-4-12(19)23-9-6-21-15-10(7-22-14(9)15)24-13(20)5-3-11(17)18/h2-5,9-10,14-15H,6-7H2,1H3,(H,17,18)/b4-2+,5-3-/t9-,10+,14-,15-/m1/s1. The molecule has 0 bridgehead atoms. The van der Waals surface area contributed by atoms with E-state index in [-0.39, 0.29) is 19.0 Å². The van der Waals surface area contributed by atoms with Crippen LogP contribution in [0.1, 0.15) is 6.92 Å². The molecule has 0 unspecified atom stereocenters. The minimum absolute atomic E-state index is 0.0410. The maximum atomic E-state index is 11.6. The molecule has 9 nitrogen and oxygen atoms in total. The van der Waals surface area contributed by atoms with Crippen LogP contribution in [0.15, 0.2) is 24.3 Å². The summed E-state index contributed by atoms with van der Waals surface area (Å²) in [5, 5.41) is 8.45. The third kappa shape index (κ3) is 4.74. The summed E-state index contributed by atoms with van der Waals surface area (Å²) >= 11 is 0. The maximum Gasteiger partial charge on any atom is 0.331 e. The SMILES string of the molecule is CC(=O)/C=C/C(=O)O[C@@H]1CO[C@H]2[C@@H]1OC[C@@H]2OC(=O)/C=C\C(=O)O. The number of hydrogen-bond donors (Lipinski definition) is 1. The predicted molar refractivity (Wildman–Crippen MR) is 75.8 cm³/mol. The molecule has 0 aliphatic carbocycles. The van der Waals surface area contributed by atoms with Crippen LogP contribution in [-0.4, -0.2) is 66.4 Å². The number of esters is 2. The molecule has 0 spiro atoms. The molecule has 0 aromatic carbocycles. The minimum atomic E-state index is -1.27. The lowest BCUT2D eigenvalue weighted by atomic mass is 10.1. The van der Waals surface area contributed by atoms with Gasteiger partial charge >= 0.3 is 17.9 Å². The average molecular weight is 340 g/mol. The molecule has 0 radical (unpaired) electrons. The summed E-state index contributed by atoms with van der Waals surface area (Å²) in [6.45, 7) is 1.41. The smallest absolute Gasteiger partial charge is 0.331 e. The highest BCUT2D eigenvalue weighted by Gasteiger charge is 2.50. The number of aliphatic carboxylic acids is 1. The Balaban J connectivity index is 1.87. The molecule has 2 rings (SSSR count). The third-order valence-corrected chi connectivity index (χ3v) is 3.31. The number of hydrogen-bond acceptors (Lipinski definition) is 8. The van der Waals surface area contributed by atoms with Crippen LogP contribution in [0.25, 0.3) is 0 Å². The van der Waals surface area contributed by atoms with E-state index in [4.69, 9.17) is 24.1 Å². The molecule has 0 saturated carbocycles. The van der Waals surface area contributed by atoms with Gasteiger partial charge in [0.2, 0.25) is 0 Å². The normalized spacial score (nSPS) is 28.9. The Kier molecular flexibility index (Phi) is 5.83. The van der Waals surface area contributed by atoms with E-state index in [1.165, 1.54) is 6.92 Å². The zero-order chi connectivity index (χ0) is 17.7. The van der Waals surface area contributed by atoms with E-state index in [0.29, 0.717) is 6.08 Å². The van der Waals surface area contributed by atoms with E-state index >= 15 is 0 Å². The summed E-state index contributed by atoms with van der Waals surface area (Å²) in [6.07, 6.45) is 0.937. The molecule has 1 N–H and O–H groups in total. The first-order valence-corrected chi connectivity index (χ1v) is 7.11. The Hall–Kier alpha value is -2.52. The molecular formula is C15H16O9. The Morgan fingerprint density at radius 2 is 1.33 bits per heavy atom. The number of ether oxygens (including phenoxy) is 4. The van der Waals surface area contributed by atoms with Gasteiger partial charge in [-0.05, 0) is 13.0 Å². The summed E-state index contributed by atoms with van der Waals surface area (Å²) in [7, 11) is 0. The van der Waals surface area contributed by atoms with E-state index in [1.807, 2.05) is 0 Å². The Labute approximate surface area is 136 Å². The van der Waals surface area contributed by atoms with Gasteiger partial charge in [0, 0.05) is 18.2 Å². The average Bonchev–Trinajstić information content (AvgIpc) is 3.07. The quantitative estimate of drug-likeness (QED) is 0.498. The van der Waals surface area contributed by atoms with E-state index in [1.54, 1.807) is 0 Å². The first-order valence-electron chi connectivity index (χ1n) is 7.11. The van der Waals surface area contributed by atoms with Crippen molar-refractivity contribution < 1.29 is 43.2 Å². The minimum Gasteiger partial charge on any atom is -0.478 e. The molecule has 0 aromatic heterocycles. The van der Waals surface area contributed by atoms with Crippen LogP contribution in [0.5, 0.6) is 0 Å². The van der Waals surface area contributed by atoms with Crippen LogP contribution in [-0.2, 0) is 38.1 Å². The van der Waals surface area contributed by atoms with Crippen molar-refractivity contribution in [3.05, 3.63) is 24.3 Å². The van der Waals surface area contributed by atoms with Gasteiger partial charge in [-0.3, -0.25) is 4.79 Å². The zero-order valence-electron chi connectivity index (χ0n) is 12.7. The molecule has 2 aliphatic rings. The van der Waals surface area contributed by atoms with E-state index in [0.717, 1.165) is 18.2 Å². The fourth-order valence-corrected chi connectivity index (χ4v) is 2.33. The summed E-state index contributed by atoms with van der Waals surface area (Å²) in [4.78, 5) is 44.2. The second-order valence-electron chi connectivity index (χ2n) is 5.16. The van der Waals surface area contributed by atoms with Crippen molar-refractivity contribution in [2.75, 3.05) is 13.2 Å². The van der Waals surface area contributed by atoms with Gasteiger partial charge in [0.05, 0.1) is 13.2 Å². The highest BCUT2D eigenvalue weighted by Crippen LogP contribution is 2.30. The summed E-state index contributed by atoms with van der Waals surface area (Å²) in [5.74, 6) is -3.09. The van der Waals surface area contributed by atoms with Crippen LogP contribution in [0.3, 0.4) is 0 Å². The van der Waals surface area contributed by atoms with Gasteiger partial charge in [0.15, 0.2) is 18.0 Å². The number of fused-ring (bicyclic) bond motifs is 1. The largest absolute Gasteiger partial charge is 0.478 e. The maximum absolute atomic E-state index is 11.6. The lowest BCUT2D eigenvalue weighted by Gasteiger charge is -2.16. The lowest BCUT2D eigenvalue weighted by Crippen LogP contribution is -2.35. The van der Waals surface area contributed by atoms with Crippen LogP contribution in [0.4, 0.5) is 0 Å². The first-order chi connectivity index (χ1) is 11.4. The number of carboxylic acid groups (broad SMARTS) is 1. The van der Waals surface area contributed by atoms with Crippen LogP contribution >= 0.6 is 0 Å². The molecule has 2 saturated heterocycles. The zero-order valence-corrected chi connectivity index (χ0v) is 12.7. The number of ketones is 1. The fraction of sp³-hybridized carbons (Fsp3) is 0.467. The van der Waals surface area contributed by atoms with Gasteiger partial charge in [-0.25, -0.2) is 14.4 Å². The number of allylic oxidation sites excluding steroid dienone is 1. The number of carboxylic acids is 1. The summed E-state index contributed by atoms with van der Waals surface area (Å²) < 4.78 is 21.1. The summed E-state index contributed by atoms with van der Waals surface area (Å²) in [6, 6.07) is 0. The molecule has 9 heteroatoms. The van der Waals surface area contributed by atoms with Gasteiger partial charge in [-0.2, -0.15) is 0 Å². The summed E-state index contributed by atoms with van der Waals surface area (Å²) in [5.41, 5.74) is 0. The van der Waals surface area contributed by atoms with Crippen molar-refractivity contribution in [2.45, 2.75) is 31.3 Å². The van der Waals surface area contributed by atoms with Crippen LogP contribution in [0, 0.1) is 0 Å². The first kappa shape index (κ1) is 17.8. The van der Waals surface area contributed by atoms with Gasteiger partial charge in [-0.15, -0.1) is 0 Å². The number of rotatable bonds is 6. The van der Waals surface area contributed by atoms with Crippen molar-refractivity contribution in [3.63, 3.8) is 0 Å². The van der Waals surface area contributed by atoms with E-state index < -0.39 is 42.3 Å². The van der Waals surface area contributed by atoms with Crippen molar-refractivity contribution in [1.29, 1.82) is 0 Å². The Morgan fingerprint density at radius 3 is 1.75 bits per heavy atom. The Morgan fingerprint density at radius 1 is 0.875 bits per heavy atom. The number of carbonyl (C=O) groups is 4. The van der Waals surface area contributed by atoms with Crippen molar-refractivity contribution in [3.8, 4) is 0 Å². The topological polar surface area (TPSA) is 125 Å². The van der Waals surface area contributed by atoms with Gasteiger partial charge in [-0.1, -0.05) is 0 Å². The van der Waals surface area contributed by atoms with Gasteiger partial charge in [0.25, 0.3) is 0 Å². The highest BCUT2D eigenvalue weighted by atomic mass is 16.7. The number of carbonyl (C=O) groups excluding carboxylic acids is 3. The molecule has 0 aromatic rings. The van der Waals surface area contributed by atoms with Crippen molar-refractivity contribution in [2.24, 2.45) is 0 Å². The molecule has 2 fully saturated rings. The van der Waals surface area contributed by atoms with Gasteiger partial charge < -0.3 is 24.1 Å². The predicted octanol–water partition coefficient (Wildman–Crippen LogP) is -0.606. The molecule has 0 amide bonds. The molecule has 130 valence electrons. The molecule has 4 atom stereocenters. The molecule has 24 heavy (non-hydrogen) atoms. The second-order valence-corrected chi connectivity index (χ2v) is 5.16. The van der Waals surface area contributed by atoms with Crippen molar-refractivity contribution >= 4 is 23.7 Å². The molecule has 2 aliphatic heterocycles.